The molecule has 1 saturated carbocycles. The molecule has 2 fully saturated rings. The summed E-state index contributed by atoms with van der Waals surface area (Å²) in [6.45, 7) is 2.37. The van der Waals surface area contributed by atoms with E-state index >= 15 is 0 Å². The average Bonchev–Trinajstić information content (AvgIpc) is 3.09. The van der Waals surface area contributed by atoms with Crippen LogP contribution < -0.4 is 5.32 Å². The molecule has 100 valence electrons. The van der Waals surface area contributed by atoms with Gasteiger partial charge in [-0.3, -0.25) is 9.58 Å². The number of piperidine rings is 1. The minimum absolute atomic E-state index is 0.540. The number of nitrogens with one attached hydrogen (secondary N) is 1. The van der Waals surface area contributed by atoms with Crippen LogP contribution >= 0.6 is 0 Å². The van der Waals surface area contributed by atoms with Crippen molar-refractivity contribution in [3.63, 3.8) is 0 Å². The summed E-state index contributed by atoms with van der Waals surface area (Å²) in [5, 5.41) is 8.04. The van der Waals surface area contributed by atoms with Crippen molar-refractivity contribution in [2.24, 2.45) is 13.0 Å². The fourth-order valence-electron chi connectivity index (χ4n) is 3.20. The van der Waals surface area contributed by atoms with Crippen LogP contribution in [0.5, 0.6) is 0 Å². The average molecular weight is 248 g/mol. The van der Waals surface area contributed by atoms with Gasteiger partial charge in [-0.05, 0) is 45.2 Å². The van der Waals surface area contributed by atoms with Gasteiger partial charge in [0.2, 0.25) is 0 Å². The Morgan fingerprint density at radius 2 is 2.17 bits per heavy atom. The van der Waals surface area contributed by atoms with Crippen molar-refractivity contribution in [2.45, 2.75) is 37.8 Å². The number of hydrogen-bond donors (Lipinski definition) is 1. The predicted molar refractivity (Wildman–Crippen MR) is 72.3 cm³/mol. The highest BCUT2D eigenvalue weighted by Crippen LogP contribution is 2.35. The number of likely N-dealkylation sites (tertiary alicyclic amines) is 1. The van der Waals surface area contributed by atoms with Crippen LogP contribution in [0, 0.1) is 5.92 Å². The van der Waals surface area contributed by atoms with E-state index in [1.165, 1.54) is 37.8 Å². The molecule has 1 saturated heterocycles. The maximum Gasteiger partial charge on any atom is 0.0537 e. The van der Waals surface area contributed by atoms with Gasteiger partial charge in [0.1, 0.15) is 0 Å². The monoisotopic (exact) mass is 248 g/mol. The molecule has 0 amide bonds. The number of aryl methyl sites for hydroxylation is 1. The van der Waals surface area contributed by atoms with Gasteiger partial charge in [-0.15, -0.1) is 0 Å². The fourth-order valence-corrected chi connectivity index (χ4v) is 3.20. The molecule has 1 aromatic heterocycles. The van der Waals surface area contributed by atoms with Gasteiger partial charge in [-0.25, -0.2) is 0 Å². The zero-order chi connectivity index (χ0) is 12.5. The Bertz CT molecular complexity index is 396. The molecule has 1 aliphatic carbocycles. The first-order chi connectivity index (χ1) is 8.74. The van der Waals surface area contributed by atoms with Crippen molar-refractivity contribution in [2.75, 3.05) is 20.1 Å². The van der Waals surface area contributed by atoms with Gasteiger partial charge in [0.25, 0.3) is 0 Å². The number of aromatic nitrogens is 2. The van der Waals surface area contributed by atoms with Crippen molar-refractivity contribution in [1.29, 1.82) is 0 Å². The first kappa shape index (κ1) is 12.2. The fraction of sp³-hybridized carbons (Fsp3) is 0.786. The summed E-state index contributed by atoms with van der Waals surface area (Å²) in [6.07, 6.45) is 9.63. The third-order valence-corrected chi connectivity index (χ3v) is 4.32. The smallest absolute Gasteiger partial charge is 0.0537 e. The van der Waals surface area contributed by atoms with Gasteiger partial charge in [0, 0.05) is 37.4 Å². The van der Waals surface area contributed by atoms with E-state index in [4.69, 9.17) is 0 Å². The quantitative estimate of drug-likeness (QED) is 0.878. The standard InChI is InChI=1S/C14H24N4/c1-17-7-3-4-11(8-15-13-5-6-13)14(17)12-9-16-18(2)10-12/h9-11,13-15H,3-8H2,1-2H3. The highest BCUT2D eigenvalue weighted by atomic mass is 15.2. The molecule has 0 bridgehead atoms. The molecule has 1 N–H and O–H groups in total. The van der Waals surface area contributed by atoms with E-state index in [1.54, 1.807) is 0 Å². The number of hydrogen-bond acceptors (Lipinski definition) is 3. The number of rotatable bonds is 4. The predicted octanol–water partition coefficient (Wildman–Crippen LogP) is 1.55. The molecule has 2 heterocycles. The van der Waals surface area contributed by atoms with Gasteiger partial charge >= 0.3 is 0 Å². The molecule has 2 aliphatic rings. The van der Waals surface area contributed by atoms with Crippen LogP contribution in [0.15, 0.2) is 12.4 Å². The molecule has 4 nitrogen and oxygen atoms in total. The molecular formula is C14H24N4. The summed E-state index contributed by atoms with van der Waals surface area (Å²) >= 11 is 0. The lowest BCUT2D eigenvalue weighted by Gasteiger charge is -2.39. The molecular weight excluding hydrogens is 224 g/mol. The van der Waals surface area contributed by atoms with Gasteiger partial charge in [-0.1, -0.05) is 0 Å². The second-order valence-electron chi connectivity index (χ2n) is 5.96. The Morgan fingerprint density at radius 3 is 2.83 bits per heavy atom. The van der Waals surface area contributed by atoms with Crippen LogP contribution in [0.25, 0.3) is 0 Å². The van der Waals surface area contributed by atoms with Gasteiger partial charge in [0.15, 0.2) is 0 Å². The SMILES string of the molecule is CN1CCCC(CNC2CC2)C1c1cnn(C)c1. The second kappa shape index (κ2) is 5.02. The van der Waals surface area contributed by atoms with E-state index in [0.29, 0.717) is 6.04 Å². The lowest BCUT2D eigenvalue weighted by Crippen LogP contribution is -2.40. The van der Waals surface area contributed by atoms with Crippen LogP contribution in [-0.4, -0.2) is 40.9 Å². The third-order valence-electron chi connectivity index (χ3n) is 4.32. The molecule has 3 rings (SSSR count). The van der Waals surface area contributed by atoms with Crippen molar-refractivity contribution in [1.82, 2.24) is 20.0 Å². The summed E-state index contributed by atoms with van der Waals surface area (Å²) in [6, 6.07) is 1.35. The Balaban J connectivity index is 1.71. The Morgan fingerprint density at radius 1 is 1.33 bits per heavy atom. The highest BCUT2D eigenvalue weighted by molar-refractivity contribution is 5.13. The van der Waals surface area contributed by atoms with Crippen LogP contribution in [0.3, 0.4) is 0 Å². The van der Waals surface area contributed by atoms with E-state index in [-0.39, 0.29) is 0 Å². The van der Waals surface area contributed by atoms with Crippen LogP contribution in [-0.2, 0) is 7.05 Å². The normalized spacial score (nSPS) is 29.7. The van der Waals surface area contributed by atoms with Gasteiger partial charge in [-0.2, -0.15) is 5.10 Å². The van der Waals surface area contributed by atoms with Crippen LogP contribution in [0.4, 0.5) is 0 Å². The van der Waals surface area contributed by atoms with Gasteiger partial charge < -0.3 is 5.32 Å². The lowest BCUT2D eigenvalue weighted by molar-refractivity contribution is 0.119. The second-order valence-corrected chi connectivity index (χ2v) is 5.96. The minimum Gasteiger partial charge on any atom is -0.314 e. The van der Waals surface area contributed by atoms with Crippen LogP contribution in [0.1, 0.15) is 37.3 Å². The molecule has 2 atom stereocenters. The van der Waals surface area contributed by atoms with E-state index in [1.807, 2.05) is 17.9 Å². The van der Waals surface area contributed by atoms with E-state index < -0.39 is 0 Å². The Hall–Kier alpha value is -0.870. The third kappa shape index (κ3) is 2.59. The van der Waals surface area contributed by atoms with Crippen molar-refractivity contribution in [3.8, 4) is 0 Å². The molecule has 1 aliphatic heterocycles. The topological polar surface area (TPSA) is 33.1 Å². The highest BCUT2D eigenvalue weighted by Gasteiger charge is 2.32. The first-order valence-corrected chi connectivity index (χ1v) is 7.16. The number of nitrogens with zero attached hydrogens (tertiary/aromatic N) is 3. The van der Waals surface area contributed by atoms with Crippen LogP contribution in [0.2, 0.25) is 0 Å². The summed E-state index contributed by atoms with van der Waals surface area (Å²) in [7, 11) is 4.25. The van der Waals surface area contributed by atoms with Crippen molar-refractivity contribution in [3.05, 3.63) is 18.0 Å². The van der Waals surface area contributed by atoms with Gasteiger partial charge in [0.05, 0.1) is 6.20 Å². The maximum atomic E-state index is 4.34. The van der Waals surface area contributed by atoms with E-state index in [9.17, 15) is 0 Å². The Labute approximate surface area is 109 Å². The molecule has 0 spiro atoms. The summed E-state index contributed by atoms with van der Waals surface area (Å²) < 4.78 is 1.92. The zero-order valence-electron chi connectivity index (χ0n) is 11.5. The summed E-state index contributed by atoms with van der Waals surface area (Å²) in [5.41, 5.74) is 1.38. The molecule has 4 heteroatoms. The molecule has 1 aromatic rings. The van der Waals surface area contributed by atoms with Crippen molar-refractivity contribution >= 4 is 0 Å². The summed E-state index contributed by atoms with van der Waals surface area (Å²) in [4.78, 5) is 2.50. The van der Waals surface area contributed by atoms with E-state index in [0.717, 1.165) is 18.5 Å². The molecule has 2 unspecified atom stereocenters. The largest absolute Gasteiger partial charge is 0.314 e. The zero-order valence-corrected chi connectivity index (χ0v) is 11.5. The molecule has 18 heavy (non-hydrogen) atoms. The lowest BCUT2D eigenvalue weighted by atomic mass is 9.86. The van der Waals surface area contributed by atoms with Crippen molar-refractivity contribution < 1.29 is 0 Å². The van der Waals surface area contributed by atoms with E-state index in [2.05, 4.69) is 28.6 Å². The minimum atomic E-state index is 0.540. The molecule has 0 aromatic carbocycles. The first-order valence-electron chi connectivity index (χ1n) is 7.16. The Kier molecular flexibility index (Phi) is 3.39. The maximum absolute atomic E-state index is 4.34. The molecule has 0 radical (unpaired) electrons. The summed E-state index contributed by atoms with van der Waals surface area (Å²) in [5.74, 6) is 0.730.